The second-order valence-corrected chi connectivity index (χ2v) is 6.76. The second-order valence-electron chi connectivity index (χ2n) is 5.31. The third-order valence-electron chi connectivity index (χ3n) is 3.42. The normalized spacial score (nSPS) is 17.9. The fourth-order valence-electron chi connectivity index (χ4n) is 2.30. The molecule has 1 aliphatic heterocycles. The zero-order chi connectivity index (χ0) is 14.4. The van der Waals surface area contributed by atoms with E-state index in [9.17, 15) is 13.5 Å². The van der Waals surface area contributed by atoms with E-state index in [-0.39, 0.29) is 5.75 Å². The van der Waals surface area contributed by atoms with Crippen LogP contribution in [-0.2, 0) is 10.1 Å². The standard InChI is InChI=1S/C13H17NO4S/c1-13(2)7-9(8-19(16,17)18)11-5-4-10(15)6-12(11)14(13)3/h4-7,15H,8H2,1-3H3,(H,16,17,18). The minimum absolute atomic E-state index is 0.120. The van der Waals surface area contributed by atoms with Crippen molar-refractivity contribution in [3.05, 3.63) is 29.8 Å². The molecule has 6 heteroatoms. The number of hydrogen-bond donors (Lipinski definition) is 2. The summed E-state index contributed by atoms with van der Waals surface area (Å²) in [6.45, 7) is 3.87. The Morgan fingerprint density at radius 1 is 1.32 bits per heavy atom. The molecule has 19 heavy (non-hydrogen) atoms. The summed E-state index contributed by atoms with van der Waals surface area (Å²) in [6, 6.07) is 4.75. The Morgan fingerprint density at radius 3 is 2.53 bits per heavy atom. The van der Waals surface area contributed by atoms with Crippen LogP contribution in [0.1, 0.15) is 19.4 Å². The number of hydrogen-bond acceptors (Lipinski definition) is 4. The number of rotatable bonds is 2. The molecule has 0 aromatic heterocycles. The minimum Gasteiger partial charge on any atom is -0.508 e. The molecule has 0 spiro atoms. The zero-order valence-electron chi connectivity index (χ0n) is 11.1. The van der Waals surface area contributed by atoms with E-state index >= 15 is 0 Å². The molecule has 0 radical (unpaired) electrons. The average molecular weight is 283 g/mol. The summed E-state index contributed by atoms with van der Waals surface area (Å²) in [5, 5.41) is 9.58. The summed E-state index contributed by atoms with van der Waals surface area (Å²) in [4.78, 5) is 1.95. The van der Waals surface area contributed by atoms with Gasteiger partial charge in [0.25, 0.3) is 10.1 Å². The lowest BCUT2D eigenvalue weighted by molar-refractivity contribution is 0.474. The number of anilines is 1. The molecule has 5 nitrogen and oxygen atoms in total. The van der Waals surface area contributed by atoms with Crippen molar-refractivity contribution in [2.75, 3.05) is 17.7 Å². The van der Waals surface area contributed by atoms with Gasteiger partial charge >= 0.3 is 0 Å². The van der Waals surface area contributed by atoms with Crippen LogP contribution in [0.4, 0.5) is 5.69 Å². The number of benzene rings is 1. The van der Waals surface area contributed by atoms with Crippen molar-refractivity contribution in [1.29, 1.82) is 0 Å². The summed E-state index contributed by atoms with van der Waals surface area (Å²) >= 11 is 0. The maximum Gasteiger partial charge on any atom is 0.269 e. The molecule has 104 valence electrons. The van der Waals surface area contributed by atoms with Crippen molar-refractivity contribution in [1.82, 2.24) is 0 Å². The molecule has 1 aromatic rings. The predicted octanol–water partition coefficient (Wildman–Crippen LogP) is 1.89. The molecule has 0 saturated carbocycles. The fourth-order valence-corrected chi connectivity index (χ4v) is 2.93. The summed E-state index contributed by atoms with van der Waals surface area (Å²) in [6.07, 6.45) is 1.82. The Bertz CT molecular complexity index is 647. The highest BCUT2D eigenvalue weighted by molar-refractivity contribution is 7.86. The first-order valence-corrected chi connectivity index (χ1v) is 7.45. The molecule has 0 unspecified atom stereocenters. The highest BCUT2D eigenvalue weighted by atomic mass is 32.2. The number of aromatic hydroxyl groups is 1. The van der Waals surface area contributed by atoms with Crippen LogP contribution in [0, 0.1) is 0 Å². The van der Waals surface area contributed by atoms with Crippen LogP contribution in [0.3, 0.4) is 0 Å². The van der Waals surface area contributed by atoms with E-state index < -0.39 is 21.4 Å². The molecule has 0 aliphatic carbocycles. The van der Waals surface area contributed by atoms with Gasteiger partial charge in [-0.1, -0.05) is 6.08 Å². The number of phenols is 1. The first-order chi connectivity index (χ1) is 8.60. The van der Waals surface area contributed by atoms with Crippen LogP contribution in [-0.4, -0.2) is 36.4 Å². The van der Waals surface area contributed by atoms with Crippen LogP contribution in [0.15, 0.2) is 24.3 Å². The average Bonchev–Trinajstić information content (AvgIpc) is 2.23. The first kappa shape index (κ1) is 13.9. The first-order valence-electron chi connectivity index (χ1n) is 5.84. The van der Waals surface area contributed by atoms with E-state index in [1.54, 1.807) is 12.1 Å². The highest BCUT2D eigenvalue weighted by Crippen LogP contribution is 2.39. The van der Waals surface area contributed by atoms with Crippen LogP contribution in [0.2, 0.25) is 0 Å². The third kappa shape index (κ3) is 2.74. The number of fused-ring (bicyclic) bond motifs is 1. The van der Waals surface area contributed by atoms with E-state index in [0.29, 0.717) is 11.1 Å². The molecule has 1 aromatic carbocycles. The van der Waals surface area contributed by atoms with Gasteiger partial charge in [0.1, 0.15) is 11.5 Å². The van der Waals surface area contributed by atoms with Gasteiger partial charge < -0.3 is 10.0 Å². The molecule has 1 aliphatic rings. The molecule has 0 atom stereocenters. The van der Waals surface area contributed by atoms with Gasteiger partial charge in [-0.3, -0.25) is 4.55 Å². The van der Waals surface area contributed by atoms with Crippen LogP contribution in [0.25, 0.3) is 5.57 Å². The molecular weight excluding hydrogens is 266 g/mol. The van der Waals surface area contributed by atoms with Gasteiger partial charge in [0.2, 0.25) is 0 Å². The van der Waals surface area contributed by atoms with E-state index in [2.05, 4.69) is 0 Å². The molecule has 0 bridgehead atoms. The minimum atomic E-state index is -4.09. The van der Waals surface area contributed by atoms with Crippen molar-refractivity contribution in [2.45, 2.75) is 19.4 Å². The second kappa shape index (κ2) is 4.25. The van der Waals surface area contributed by atoms with Crippen molar-refractivity contribution >= 4 is 21.4 Å². The smallest absolute Gasteiger partial charge is 0.269 e. The van der Waals surface area contributed by atoms with E-state index in [0.717, 1.165) is 5.69 Å². The Morgan fingerprint density at radius 2 is 1.95 bits per heavy atom. The quantitative estimate of drug-likeness (QED) is 0.810. The Labute approximate surface area is 112 Å². The Hall–Kier alpha value is -1.53. The lowest BCUT2D eigenvalue weighted by Crippen LogP contribution is -2.42. The van der Waals surface area contributed by atoms with Crippen LogP contribution >= 0.6 is 0 Å². The van der Waals surface area contributed by atoms with E-state index in [4.69, 9.17) is 4.55 Å². The van der Waals surface area contributed by atoms with Gasteiger partial charge in [-0.15, -0.1) is 0 Å². The number of likely N-dealkylation sites (N-methyl/N-ethyl adjacent to an activating group) is 1. The van der Waals surface area contributed by atoms with Crippen molar-refractivity contribution in [2.24, 2.45) is 0 Å². The lowest BCUT2D eigenvalue weighted by Gasteiger charge is -2.41. The molecule has 2 N–H and O–H groups in total. The maximum atomic E-state index is 11.1. The van der Waals surface area contributed by atoms with Gasteiger partial charge in [0, 0.05) is 24.4 Å². The molecule has 2 rings (SSSR count). The molecule has 1 heterocycles. The largest absolute Gasteiger partial charge is 0.508 e. The summed E-state index contributed by atoms with van der Waals surface area (Å²) in [5.41, 5.74) is 1.59. The fraction of sp³-hybridized carbons (Fsp3) is 0.385. The molecule has 0 fully saturated rings. The Kier molecular flexibility index (Phi) is 3.10. The number of nitrogens with zero attached hydrogens (tertiary/aromatic N) is 1. The van der Waals surface area contributed by atoms with Gasteiger partial charge in [-0.25, -0.2) is 0 Å². The van der Waals surface area contributed by atoms with Gasteiger partial charge in [-0.05, 0) is 31.6 Å². The van der Waals surface area contributed by atoms with Gasteiger partial charge in [-0.2, -0.15) is 8.42 Å². The van der Waals surface area contributed by atoms with Crippen molar-refractivity contribution < 1.29 is 18.1 Å². The van der Waals surface area contributed by atoms with Gasteiger partial charge in [0.15, 0.2) is 0 Å². The lowest BCUT2D eigenvalue weighted by atomic mass is 9.89. The monoisotopic (exact) mass is 283 g/mol. The molecule has 0 saturated heterocycles. The number of phenolic OH excluding ortho intramolecular Hbond substituents is 1. The third-order valence-corrected chi connectivity index (χ3v) is 4.09. The summed E-state index contributed by atoms with van der Waals surface area (Å²) in [7, 11) is -2.22. The van der Waals surface area contributed by atoms with Crippen molar-refractivity contribution in [3.63, 3.8) is 0 Å². The SMILES string of the molecule is CN1c2cc(O)ccc2C(CS(=O)(=O)O)=CC1(C)C. The predicted molar refractivity (Wildman–Crippen MR) is 75.0 cm³/mol. The van der Waals surface area contributed by atoms with Gasteiger partial charge in [0.05, 0.1) is 5.54 Å². The Balaban J connectivity index is 2.61. The molecular formula is C13H17NO4S. The topological polar surface area (TPSA) is 77.8 Å². The summed E-state index contributed by atoms with van der Waals surface area (Å²) < 4.78 is 31.3. The van der Waals surface area contributed by atoms with Crippen molar-refractivity contribution in [3.8, 4) is 5.75 Å². The highest BCUT2D eigenvalue weighted by Gasteiger charge is 2.31. The molecule has 0 amide bonds. The van der Waals surface area contributed by atoms with E-state index in [1.807, 2.05) is 31.9 Å². The zero-order valence-corrected chi connectivity index (χ0v) is 11.9. The van der Waals surface area contributed by atoms with Crippen LogP contribution in [0.5, 0.6) is 5.75 Å². The summed E-state index contributed by atoms with van der Waals surface area (Å²) in [5.74, 6) is -0.309. The van der Waals surface area contributed by atoms with Crippen LogP contribution < -0.4 is 4.90 Å². The van der Waals surface area contributed by atoms with E-state index in [1.165, 1.54) is 6.07 Å². The maximum absolute atomic E-state index is 11.1.